The molecule has 3 fully saturated rings. The summed E-state index contributed by atoms with van der Waals surface area (Å²) in [6, 6.07) is 0. The van der Waals surface area contributed by atoms with E-state index < -0.39 is 11.6 Å². The lowest BCUT2D eigenvalue weighted by molar-refractivity contribution is -0.187. The van der Waals surface area contributed by atoms with Crippen molar-refractivity contribution in [1.29, 1.82) is 0 Å². The van der Waals surface area contributed by atoms with Crippen molar-refractivity contribution in [3.8, 4) is 0 Å². The molecule has 0 aliphatic carbocycles. The first-order chi connectivity index (χ1) is 8.81. The Morgan fingerprint density at radius 1 is 1.05 bits per heavy atom. The van der Waals surface area contributed by atoms with Crippen LogP contribution in [0.25, 0.3) is 0 Å². The second-order valence-electron chi connectivity index (χ2n) is 5.98. The first-order valence-corrected chi connectivity index (χ1v) is 7.37. The highest BCUT2D eigenvalue weighted by Gasteiger charge is 2.57. The minimum atomic E-state index is -0.604. The van der Waals surface area contributed by atoms with E-state index in [2.05, 4.69) is 15.9 Å². The van der Waals surface area contributed by atoms with Gasteiger partial charge in [-0.2, -0.15) is 0 Å². The summed E-state index contributed by atoms with van der Waals surface area (Å²) in [4.78, 5) is 1.75. The molecule has 0 aromatic heterocycles. The Labute approximate surface area is 121 Å². The average Bonchev–Trinajstić information content (AvgIpc) is 2.89. The van der Waals surface area contributed by atoms with E-state index in [4.69, 9.17) is 23.7 Å². The third-order valence-corrected chi connectivity index (χ3v) is 3.96. The van der Waals surface area contributed by atoms with Crippen molar-refractivity contribution in [1.82, 2.24) is 0 Å². The van der Waals surface area contributed by atoms with Crippen LogP contribution in [-0.2, 0) is 23.7 Å². The van der Waals surface area contributed by atoms with E-state index in [1.807, 2.05) is 27.7 Å². The second-order valence-corrected chi connectivity index (χ2v) is 6.44. The summed E-state index contributed by atoms with van der Waals surface area (Å²) < 4.78 is 29.2. The molecule has 0 aromatic carbocycles. The number of rotatable bonds is 1. The number of fused-ring (bicyclic) bond motifs is 1. The van der Waals surface area contributed by atoms with Crippen LogP contribution in [0.1, 0.15) is 27.7 Å². The van der Waals surface area contributed by atoms with E-state index in [1.54, 1.807) is 4.99 Å². The lowest BCUT2D eigenvalue weighted by Crippen LogP contribution is -2.40. The standard InChI is InChI=1S/C13H19BrO5/c1-12(2)15-6-8(17-12)9-11-10(7(5-14)16-9)18-13(3,4)19-11/h5,8-11H,6H2,1-4H3/b7-5-/t8-,9-,10-,11+/m1/s1. The maximum atomic E-state index is 5.95. The quantitative estimate of drug-likeness (QED) is 0.736. The van der Waals surface area contributed by atoms with Gasteiger partial charge in [0.15, 0.2) is 17.7 Å². The van der Waals surface area contributed by atoms with Crippen LogP contribution in [-0.4, -0.2) is 42.6 Å². The molecular weight excluding hydrogens is 316 g/mol. The van der Waals surface area contributed by atoms with Gasteiger partial charge in [0.1, 0.15) is 24.1 Å². The molecule has 0 radical (unpaired) electrons. The molecule has 6 heteroatoms. The topological polar surface area (TPSA) is 46.2 Å². The van der Waals surface area contributed by atoms with Crippen molar-refractivity contribution in [3.05, 3.63) is 10.7 Å². The van der Waals surface area contributed by atoms with Gasteiger partial charge in [-0.05, 0) is 27.7 Å². The maximum Gasteiger partial charge on any atom is 0.164 e. The van der Waals surface area contributed by atoms with Crippen LogP contribution >= 0.6 is 15.9 Å². The fraction of sp³-hybridized carbons (Fsp3) is 0.846. The molecule has 0 aromatic rings. The molecule has 0 saturated carbocycles. The molecule has 0 N–H and O–H groups in total. The van der Waals surface area contributed by atoms with Crippen molar-refractivity contribution < 1.29 is 23.7 Å². The van der Waals surface area contributed by atoms with E-state index in [-0.39, 0.29) is 24.4 Å². The molecule has 4 atom stereocenters. The van der Waals surface area contributed by atoms with Gasteiger partial charge in [-0.1, -0.05) is 15.9 Å². The highest BCUT2D eigenvalue weighted by atomic mass is 79.9. The van der Waals surface area contributed by atoms with Crippen LogP contribution in [0.2, 0.25) is 0 Å². The van der Waals surface area contributed by atoms with Crippen molar-refractivity contribution in [2.24, 2.45) is 0 Å². The van der Waals surface area contributed by atoms with Crippen LogP contribution in [0, 0.1) is 0 Å². The summed E-state index contributed by atoms with van der Waals surface area (Å²) in [6.07, 6.45) is -0.713. The molecule has 0 bridgehead atoms. The molecule has 0 amide bonds. The SMILES string of the molecule is CC1(C)O[C@H]2[C@@H]([C@H]3COC(C)(C)O3)O/C(=C\Br)[C@H]2O1. The summed E-state index contributed by atoms with van der Waals surface area (Å²) in [6.45, 7) is 8.11. The number of ether oxygens (including phenoxy) is 5. The maximum absolute atomic E-state index is 5.95. The Hall–Kier alpha value is -0.140. The van der Waals surface area contributed by atoms with Crippen LogP contribution < -0.4 is 0 Å². The normalized spacial score (nSPS) is 45.4. The van der Waals surface area contributed by atoms with Crippen LogP contribution in [0.15, 0.2) is 10.7 Å². The van der Waals surface area contributed by atoms with Gasteiger partial charge in [-0.25, -0.2) is 0 Å². The Bertz CT molecular complexity index is 406. The molecule has 3 heterocycles. The van der Waals surface area contributed by atoms with Gasteiger partial charge in [-0.15, -0.1) is 0 Å². The molecule has 19 heavy (non-hydrogen) atoms. The van der Waals surface area contributed by atoms with E-state index in [0.29, 0.717) is 6.61 Å². The molecule has 0 spiro atoms. The van der Waals surface area contributed by atoms with Gasteiger partial charge in [0.05, 0.1) is 6.61 Å². The molecule has 3 aliphatic rings. The molecular formula is C13H19BrO5. The molecule has 3 aliphatic heterocycles. The Balaban J connectivity index is 1.80. The third-order valence-electron chi connectivity index (χ3n) is 3.51. The van der Waals surface area contributed by atoms with Crippen LogP contribution in [0.4, 0.5) is 0 Å². The minimum Gasteiger partial charge on any atom is -0.486 e. The van der Waals surface area contributed by atoms with E-state index >= 15 is 0 Å². The van der Waals surface area contributed by atoms with E-state index in [1.165, 1.54) is 0 Å². The predicted octanol–water partition coefficient (Wildman–Crippen LogP) is 2.29. The largest absolute Gasteiger partial charge is 0.486 e. The fourth-order valence-electron chi connectivity index (χ4n) is 2.79. The van der Waals surface area contributed by atoms with Gasteiger partial charge >= 0.3 is 0 Å². The summed E-state index contributed by atoms with van der Waals surface area (Å²) in [7, 11) is 0. The minimum absolute atomic E-state index is 0.148. The van der Waals surface area contributed by atoms with Crippen molar-refractivity contribution in [2.75, 3.05) is 6.61 Å². The van der Waals surface area contributed by atoms with Crippen molar-refractivity contribution in [2.45, 2.75) is 63.7 Å². The highest BCUT2D eigenvalue weighted by molar-refractivity contribution is 9.11. The average molecular weight is 335 g/mol. The van der Waals surface area contributed by atoms with E-state index in [9.17, 15) is 0 Å². The summed E-state index contributed by atoms with van der Waals surface area (Å²) in [5.74, 6) is -0.429. The first kappa shape index (κ1) is 13.8. The highest BCUT2D eigenvalue weighted by Crippen LogP contribution is 2.43. The Morgan fingerprint density at radius 2 is 1.79 bits per heavy atom. The molecule has 0 unspecified atom stereocenters. The summed E-state index contributed by atoms with van der Waals surface area (Å²) in [5.41, 5.74) is 0. The molecule has 3 rings (SSSR count). The number of hydrogen-bond acceptors (Lipinski definition) is 5. The number of hydrogen-bond donors (Lipinski definition) is 0. The van der Waals surface area contributed by atoms with E-state index in [0.717, 1.165) is 5.76 Å². The summed E-state index contributed by atoms with van der Waals surface area (Å²) in [5, 5.41) is 0. The van der Waals surface area contributed by atoms with Gasteiger partial charge in [0.2, 0.25) is 0 Å². The Morgan fingerprint density at radius 3 is 2.37 bits per heavy atom. The zero-order chi connectivity index (χ0) is 13.8. The fourth-order valence-corrected chi connectivity index (χ4v) is 3.16. The molecule has 108 valence electrons. The third kappa shape index (κ3) is 2.45. The zero-order valence-corrected chi connectivity index (χ0v) is 13.1. The van der Waals surface area contributed by atoms with Gasteiger partial charge < -0.3 is 23.7 Å². The number of halogens is 1. The van der Waals surface area contributed by atoms with Gasteiger partial charge in [-0.3, -0.25) is 0 Å². The first-order valence-electron chi connectivity index (χ1n) is 6.46. The Kier molecular flexibility index (Phi) is 3.22. The van der Waals surface area contributed by atoms with Gasteiger partial charge in [0.25, 0.3) is 0 Å². The second kappa shape index (κ2) is 4.43. The zero-order valence-electron chi connectivity index (χ0n) is 11.5. The van der Waals surface area contributed by atoms with Crippen molar-refractivity contribution in [3.63, 3.8) is 0 Å². The predicted molar refractivity (Wildman–Crippen MR) is 70.6 cm³/mol. The molecule has 5 nitrogen and oxygen atoms in total. The van der Waals surface area contributed by atoms with Crippen LogP contribution in [0.5, 0.6) is 0 Å². The van der Waals surface area contributed by atoms with Gasteiger partial charge in [0, 0.05) is 4.99 Å². The smallest absolute Gasteiger partial charge is 0.164 e. The molecule has 3 saturated heterocycles. The van der Waals surface area contributed by atoms with Crippen LogP contribution in [0.3, 0.4) is 0 Å². The van der Waals surface area contributed by atoms with Crippen molar-refractivity contribution >= 4 is 15.9 Å². The lowest BCUT2D eigenvalue weighted by atomic mass is 10.1. The summed E-state index contributed by atoms with van der Waals surface area (Å²) >= 11 is 3.31. The monoisotopic (exact) mass is 334 g/mol. The lowest BCUT2D eigenvalue weighted by Gasteiger charge is -2.25.